The standard InChI is InChI=1S/C21H40N6O2/c1-6-22-21(23-9-7-8-19-25-20(17(4)5)26-29-19)24-15-18(14-16(2)3)27-10-12-28-13-11-27/h16-18H,6-15H2,1-5H3,(H2,22,23,24). The first-order valence-corrected chi connectivity index (χ1v) is 11.2. The summed E-state index contributed by atoms with van der Waals surface area (Å²) in [4.78, 5) is 11.8. The van der Waals surface area contributed by atoms with E-state index in [9.17, 15) is 0 Å². The molecule has 2 heterocycles. The van der Waals surface area contributed by atoms with Crippen molar-refractivity contribution in [2.75, 3.05) is 45.9 Å². The van der Waals surface area contributed by atoms with Gasteiger partial charge in [-0.3, -0.25) is 9.89 Å². The second-order valence-electron chi connectivity index (χ2n) is 8.38. The van der Waals surface area contributed by atoms with Gasteiger partial charge in [-0.15, -0.1) is 0 Å². The van der Waals surface area contributed by atoms with Crippen LogP contribution in [0.2, 0.25) is 0 Å². The highest BCUT2D eigenvalue weighted by atomic mass is 16.5. The van der Waals surface area contributed by atoms with Crippen LogP contribution in [0.5, 0.6) is 0 Å². The summed E-state index contributed by atoms with van der Waals surface area (Å²) in [5.74, 6) is 3.31. The molecule has 1 saturated heterocycles. The number of hydrogen-bond acceptors (Lipinski definition) is 6. The van der Waals surface area contributed by atoms with Gasteiger partial charge in [-0.2, -0.15) is 4.98 Å². The number of nitrogens with one attached hydrogen (secondary N) is 2. The first kappa shape index (κ1) is 23.6. The smallest absolute Gasteiger partial charge is 0.226 e. The van der Waals surface area contributed by atoms with Gasteiger partial charge in [-0.05, 0) is 25.7 Å². The predicted octanol–water partition coefficient (Wildman–Crippen LogP) is 2.43. The number of nitrogens with zero attached hydrogens (tertiary/aromatic N) is 4. The minimum atomic E-state index is 0.295. The Morgan fingerprint density at radius 2 is 1.93 bits per heavy atom. The first-order valence-electron chi connectivity index (χ1n) is 11.2. The van der Waals surface area contributed by atoms with Gasteiger partial charge in [0, 0.05) is 44.6 Å². The van der Waals surface area contributed by atoms with Gasteiger partial charge < -0.3 is 19.9 Å². The third kappa shape index (κ3) is 8.70. The van der Waals surface area contributed by atoms with E-state index in [0.29, 0.717) is 23.8 Å². The molecule has 166 valence electrons. The van der Waals surface area contributed by atoms with Gasteiger partial charge in [0.2, 0.25) is 5.89 Å². The Hall–Kier alpha value is -1.67. The minimum Gasteiger partial charge on any atom is -0.379 e. The lowest BCUT2D eigenvalue weighted by atomic mass is 10.0. The van der Waals surface area contributed by atoms with Crippen molar-refractivity contribution in [3.63, 3.8) is 0 Å². The Bertz CT molecular complexity index is 596. The van der Waals surface area contributed by atoms with Crippen molar-refractivity contribution in [2.45, 2.75) is 65.8 Å². The second-order valence-corrected chi connectivity index (χ2v) is 8.38. The van der Waals surface area contributed by atoms with Crippen LogP contribution < -0.4 is 10.6 Å². The monoisotopic (exact) mass is 408 g/mol. The molecule has 1 aromatic heterocycles. The van der Waals surface area contributed by atoms with Crippen LogP contribution in [0.25, 0.3) is 0 Å². The van der Waals surface area contributed by atoms with E-state index in [1.807, 2.05) is 0 Å². The van der Waals surface area contributed by atoms with Crippen LogP contribution in [0.15, 0.2) is 9.52 Å². The van der Waals surface area contributed by atoms with Crippen LogP contribution in [-0.2, 0) is 11.2 Å². The number of aromatic nitrogens is 2. The summed E-state index contributed by atoms with van der Waals surface area (Å²) < 4.78 is 10.8. The van der Waals surface area contributed by atoms with Crippen LogP contribution in [0.1, 0.15) is 65.1 Å². The molecule has 0 radical (unpaired) electrons. The molecular formula is C21H40N6O2. The predicted molar refractivity (Wildman–Crippen MR) is 116 cm³/mol. The summed E-state index contributed by atoms with van der Waals surface area (Å²) >= 11 is 0. The Balaban J connectivity index is 1.82. The van der Waals surface area contributed by atoms with Crippen molar-refractivity contribution >= 4 is 5.96 Å². The molecule has 1 aliphatic heterocycles. The maximum atomic E-state index is 5.52. The molecule has 29 heavy (non-hydrogen) atoms. The number of morpholine rings is 1. The van der Waals surface area contributed by atoms with Gasteiger partial charge in [0.15, 0.2) is 11.8 Å². The molecule has 0 aromatic carbocycles. The Morgan fingerprint density at radius 1 is 1.17 bits per heavy atom. The summed E-state index contributed by atoms with van der Waals surface area (Å²) in [5.41, 5.74) is 0. The number of ether oxygens (including phenoxy) is 1. The molecule has 8 heteroatoms. The molecule has 2 rings (SSSR count). The van der Waals surface area contributed by atoms with Crippen LogP contribution in [-0.4, -0.2) is 73.0 Å². The lowest BCUT2D eigenvalue weighted by Crippen LogP contribution is -2.46. The average Bonchev–Trinajstić information content (AvgIpc) is 3.18. The fraction of sp³-hybridized carbons (Fsp3) is 0.857. The average molecular weight is 409 g/mol. The Morgan fingerprint density at radius 3 is 2.55 bits per heavy atom. The van der Waals surface area contributed by atoms with Crippen LogP contribution in [0.3, 0.4) is 0 Å². The number of aliphatic imine (C=N–C) groups is 1. The minimum absolute atomic E-state index is 0.295. The maximum absolute atomic E-state index is 5.52. The van der Waals surface area contributed by atoms with E-state index in [0.717, 1.165) is 77.0 Å². The highest BCUT2D eigenvalue weighted by Gasteiger charge is 2.21. The summed E-state index contributed by atoms with van der Waals surface area (Å²) in [5, 5.41) is 10.8. The van der Waals surface area contributed by atoms with Gasteiger partial charge in [-0.25, -0.2) is 0 Å². The summed E-state index contributed by atoms with van der Waals surface area (Å²) in [6.45, 7) is 16.9. The van der Waals surface area contributed by atoms with Crippen molar-refractivity contribution in [3.8, 4) is 0 Å². The SMILES string of the molecule is CCNC(=NCC(CC(C)C)N1CCOCC1)NCCCc1nc(C(C)C)no1. The molecule has 1 aliphatic rings. The van der Waals surface area contributed by atoms with E-state index < -0.39 is 0 Å². The molecule has 0 amide bonds. The third-order valence-electron chi connectivity index (χ3n) is 4.97. The molecule has 0 spiro atoms. The Kier molecular flexibility index (Phi) is 10.4. The molecule has 2 N–H and O–H groups in total. The highest BCUT2D eigenvalue weighted by Crippen LogP contribution is 2.14. The van der Waals surface area contributed by atoms with Crippen LogP contribution >= 0.6 is 0 Å². The van der Waals surface area contributed by atoms with Crippen molar-refractivity contribution in [1.82, 2.24) is 25.7 Å². The number of aryl methyl sites for hydroxylation is 1. The van der Waals surface area contributed by atoms with Gasteiger partial charge in [0.1, 0.15) is 0 Å². The summed E-state index contributed by atoms with van der Waals surface area (Å²) in [6.07, 6.45) is 2.84. The quantitative estimate of drug-likeness (QED) is 0.330. The van der Waals surface area contributed by atoms with Gasteiger partial charge in [0.05, 0.1) is 19.8 Å². The third-order valence-corrected chi connectivity index (χ3v) is 4.97. The molecular weight excluding hydrogens is 368 g/mol. The lowest BCUT2D eigenvalue weighted by molar-refractivity contribution is 0.0143. The van der Waals surface area contributed by atoms with E-state index in [1.165, 1.54) is 0 Å². The highest BCUT2D eigenvalue weighted by molar-refractivity contribution is 5.79. The van der Waals surface area contributed by atoms with Crippen molar-refractivity contribution < 1.29 is 9.26 Å². The normalized spacial score (nSPS) is 17.1. The van der Waals surface area contributed by atoms with E-state index in [1.54, 1.807) is 0 Å². The second kappa shape index (κ2) is 12.8. The molecule has 1 unspecified atom stereocenters. The molecule has 1 atom stereocenters. The number of rotatable bonds is 11. The first-order chi connectivity index (χ1) is 14.0. The molecule has 1 aromatic rings. The zero-order valence-corrected chi connectivity index (χ0v) is 18.9. The van der Waals surface area contributed by atoms with Crippen molar-refractivity contribution in [2.24, 2.45) is 10.9 Å². The van der Waals surface area contributed by atoms with Crippen LogP contribution in [0.4, 0.5) is 0 Å². The van der Waals surface area contributed by atoms with Crippen LogP contribution in [0, 0.1) is 5.92 Å². The maximum Gasteiger partial charge on any atom is 0.226 e. The van der Waals surface area contributed by atoms with E-state index in [-0.39, 0.29) is 0 Å². The fourth-order valence-electron chi connectivity index (χ4n) is 3.41. The molecule has 0 saturated carbocycles. The van der Waals surface area contributed by atoms with E-state index in [4.69, 9.17) is 14.3 Å². The van der Waals surface area contributed by atoms with Gasteiger partial charge >= 0.3 is 0 Å². The number of guanidine groups is 1. The van der Waals surface area contributed by atoms with Gasteiger partial charge in [0.25, 0.3) is 0 Å². The largest absolute Gasteiger partial charge is 0.379 e. The zero-order valence-electron chi connectivity index (χ0n) is 18.9. The summed E-state index contributed by atoms with van der Waals surface area (Å²) in [6, 6.07) is 0.460. The van der Waals surface area contributed by atoms with E-state index >= 15 is 0 Å². The molecule has 1 fully saturated rings. The van der Waals surface area contributed by atoms with Gasteiger partial charge in [-0.1, -0.05) is 32.9 Å². The van der Waals surface area contributed by atoms with Crippen molar-refractivity contribution in [1.29, 1.82) is 0 Å². The molecule has 8 nitrogen and oxygen atoms in total. The fourth-order valence-corrected chi connectivity index (χ4v) is 3.41. The lowest BCUT2D eigenvalue weighted by Gasteiger charge is -2.34. The zero-order chi connectivity index (χ0) is 21.1. The van der Waals surface area contributed by atoms with Crippen molar-refractivity contribution in [3.05, 3.63) is 11.7 Å². The molecule has 0 bridgehead atoms. The van der Waals surface area contributed by atoms with E-state index in [2.05, 4.69) is 60.3 Å². The Labute approximate surface area is 175 Å². The topological polar surface area (TPSA) is 87.8 Å². The summed E-state index contributed by atoms with van der Waals surface area (Å²) in [7, 11) is 0. The number of hydrogen-bond donors (Lipinski definition) is 2. The molecule has 0 aliphatic carbocycles.